The Kier molecular flexibility index (Phi) is 7.14. The molecule has 0 radical (unpaired) electrons. The number of hydrogen-bond acceptors (Lipinski definition) is 5. The molecule has 0 aliphatic rings. The molecule has 0 bridgehead atoms. The molecule has 0 aliphatic heterocycles. The molecule has 0 fully saturated rings. The number of aromatic nitrogens is 1. The van der Waals surface area contributed by atoms with Crippen LogP contribution in [0.25, 0.3) is 32.9 Å². The Balaban J connectivity index is 1.16. The molecule has 1 atom stereocenters. The molecule has 1 aromatic heterocycles. The summed E-state index contributed by atoms with van der Waals surface area (Å²) in [6.45, 7) is 1.39. The second-order valence-corrected chi connectivity index (χ2v) is 10.7. The fourth-order valence-electron chi connectivity index (χ4n) is 4.46. The van der Waals surface area contributed by atoms with Crippen LogP contribution >= 0.6 is 0 Å². The van der Waals surface area contributed by atoms with E-state index in [4.69, 9.17) is 4.74 Å². The Morgan fingerprint density at radius 3 is 2.54 bits per heavy atom. The van der Waals surface area contributed by atoms with Gasteiger partial charge in [0.2, 0.25) is 10.0 Å². The fraction of sp³-hybridized carbons (Fsp3) is 0.172. The van der Waals surface area contributed by atoms with Crippen LogP contribution in [0.5, 0.6) is 5.75 Å². The number of benzene rings is 4. The Morgan fingerprint density at radius 2 is 1.68 bits per heavy atom. The molecule has 1 heterocycles. The SMILES string of the molecule is CS(=O)(=O)Nc1ccccc1-c1cccc(C(O)CNCCOc2ccc3c(c2)[nH]c2ccccc23)c1. The Bertz CT molecular complexity index is 1650. The van der Waals surface area contributed by atoms with Gasteiger partial charge < -0.3 is 20.1 Å². The van der Waals surface area contributed by atoms with E-state index in [2.05, 4.69) is 33.2 Å². The molecule has 4 N–H and O–H groups in total. The van der Waals surface area contributed by atoms with E-state index in [0.717, 1.165) is 39.7 Å². The zero-order chi connectivity index (χ0) is 25.8. The van der Waals surface area contributed by atoms with E-state index >= 15 is 0 Å². The number of aliphatic hydroxyl groups excluding tert-OH is 1. The fourth-order valence-corrected chi connectivity index (χ4v) is 5.04. The van der Waals surface area contributed by atoms with E-state index in [1.807, 2.05) is 60.7 Å². The van der Waals surface area contributed by atoms with Gasteiger partial charge in [-0.25, -0.2) is 8.42 Å². The number of aromatic amines is 1. The van der Waals surface area contributed by atoms with Crippen molar-refractivity contribution in [2.24, 2.45) is 0 Å². The standard InChI is InChI=1S/C29H29N3O4S/c1-37(34,35)32-27-12-5-2-9-23(27)20-7-6-8-21(17-20)29(33)19-30-15-16-36-22-13-14-25-24-10-3-4-11-26(24)31-28(25)18-22/h2-14,17-18,29-33H,15-16,19H2,1H3. The lowest BCUT2D eigenvalue weighted by atomic mass is 9.99. The highest BCUT2D eigenvalue weighted by molar-refractivity contribution is 7.92. The quantitative estimate of drug-likeness (QED) is 0.195. The molecule has 0 saturated carbocycles. The van der Waals surface area contributed by atoms with Gasteiger partial charge in [-0.15, -0.1) is 0 Å². The summed E-state index contributed by atoms with van der Waals surface area (Å²) >= 11 is 0. The Labute approximate surface area is 216 Å². The van der Waals surface area contributed by atoms with Crippen LogP contribution < -0.4 is 14.8 Å². The van der Waals surface area contributed by atoms with Crippen LogP contribution in [-0.4, -0.2) is 44.5 Å². The summed E-state index contributed by atoms with van der Waals surface area (Å²) in [5.74, 6) is 0.787. The van der Waals surface area contributed by atoms with Crippen molar-refractivity contribution >= 4 is 37.5 Å². The minimum absolute atomic E-state index is 0.358. The molecule has 5 aromatic rings. The average Bonchev–Trinajstić information content (AvgIpc) is 3.26. The van der Waals surface area contributed by atoms with Crippen LogP contribution in [0.3, 0.4) is 0 Å². The van der Waals surface area contributed by atoms with Gasteiger partial charge in [0.15, 0.2) is 0 Å². The molecule has 37 heavy (non-hydrogen) atoms. The maximum Gasteiger partial charge on any atom is 0.229 e. The van der Waals surface area contributed by atoms with Gasteiger partial charge >= 0.3 is 0 Å². The third kappa shape index (κ3) is 5.94. The van der Waals surface area contributed by atoms with Crippen molar-refractivity contribution in [3.05, 3.63) is 96.6 Å². The normalized spacial score (nSPS) is 12.6. The van der Waals surface area contributed by atoms with Crippen LogP contribution in [0, 0.1) is 0 Å². The van der Waals surface area contributed by atoms with Crippen LogP contribution in [0.2, 0.25) is 0 Å². The second kappa shape index (κ2) is 10.6. The molecule has 5 rings (SSSR count). The van der Waals surface area contributed by atoms with Gasteiger partial charge in [-0.1, -0.05) is 54.6 Å². The van der Waals surface area contributed by atoms with Crippen molar-refractivity contribution in [1.29, 1.82) is 0 Å². The highest BCUT2D eigenvalue weighted by atomic mass is 32.2. The highest BCUT2D eigenvalue weighted by Gasteiger charge is 2.12. The lowest BCUT2D eigenvalue weighted by molar-refractivity contribution is 0.172. The number of para-hydroxylation sites is 2. The van der Waals surface area contributed by atoms with Gasteiger partial charge in [0.25, 0.3) is 0 Å². The van der Waals surface area contributed by atoms with Crippen molar-refractivity contribution in [1.82, 2.24) is 10.3 Å². The molecule has 8 heteroatoms. The number of rotatable bonds is 10. The minimum atomic E-state index is -3.41. The lowest BCUT2D eigenvalue weighted by Gasteiger charge is -2.15. The van der Waals surface area contributed by atoms with E-state index < -0.39 is 16.1 Å². The Morgan fingerprint density at radius 1 is 0.892 bits per heavy atom. The third-order valence-corrected chi connectivity index (χ3v) is 6.76. The van der Waals surface area contributed by atoms with Gasteiger partial charge in [0.05, 0.1) is 23.6 Å². The molecule has 4 aromatic carbocycles. The predicted octanol–water partition coefficient (Wildman–Crippen LogP) is 5.06. The molecule has 0 saturated heterocycles. The van der Waals surface area contributed by atoms with E-state index in [-0.39, 0.29) is 0 Å². The smallest absolute Gasteiger partial charge is 0.229 e. The van der Waals surface area contributed by atoms with E-state index in [1.54, 1.807) is 12.1 Å². The van der Waals surface area contributed by atoms with Crippen molar-refractivity contribution in [3.8, 4) is 16.9 Å². The summed E-state index contributed by atoms with van der Waals surface area (Å²) in [5, 5.41) is 16.3. The third-order valence-electron chi connectivity index (χ3n) is 6.17. The molecule has 0 spiro atoms. The van der Waals surface area contributed by atoms with Crippen molar-refractivity contribution in [2.75, 3.05) is 30.7 Å². The highest BCUT2D eigenvalue weighted by Crippen LogP contribution is 2.30. The summed E-state index contributed by atoms with van der Waals surface area (Å²) in [6.07, 6.45) is 0.400. The number of fused-ring (bicyclic) bond motifs is 3. The van der Waals surface area contributed by atoms with Crippen LogP contribution in [0.4, 0.5) is 5.69 Å². The molecular weight excluding hydrogens is 486 g/mol. The molecule has 190 valence electrons. The largest absolute Gasteiger partial charge is 0.492 e. The van der Waals surface area contributed by atoms with E-state index in [9.17, 15) is 13.5 Å². The number of sulfonamides is 1. The van der Waals surface area contributed by atoms with Crippen molar-refractivity contribution in [2.45, 2.75) is 6.10 Å². The summed E-state index contributed by atoms with van der Waals surface area (Å²) in [4.78, 5) is 3.42. The summed E-state index contributed by atoms with van der Waals surface area (Å²) < 4.78 is 32.0. The van der Waals surface area contributed by atoms with Gasteiger partial charge in [0.1, 0.15) is 12.4 Å². The molecule has 7 nitrogen and oxygen atoms in total. The van der Waals surface area contributed by atoms with Gasteiger partial charge in [-0.05, 0) is 41.5 Å². The predicted molar refractivity (Wildman–Crippen MR) is 149 cm³/mol. The number of aliphatic hydroxyl groups is 1. The van der Waals surface area contributed by atoms with E-state index in [0.29, 0.717) is 25.4 Å². The van der Waals surface area contributed by atoms with Crippen molar-refractivity contribution < 1.29 is 18.3 Å². The van der Waals surface area contributed by atoms with Crippen LogP contribution in [0.15, 0.2) is 91.0 Å². The zero-order valence-electron chi connectivity index (χ0n) is 20.4. The summed E-state index contributed by atoms with van der Waals surface area (Å²) in [7, 11) is -3.41. The first-order valence-electron chi connectivity index (χ1n) is 12.1. The molecular formula is C29H29N3O4S. The van der Waals surface area contributed by atoms with Gasteiger partial charge in [0, 0.05) is 41.0 Å². The van der Waals surface area contributed by atoms with Crippen LogP contribution in [-0.2, 0) is 10.0 Å². The number of anilines is 1. The zero-order valence-corrected chi connectivity index (χ0v) is 21.3. The number of H-pyrrole nitrogens is 1. The topological polar surface area (TPSA) is 103 Å². The molecule has 0 amide bonds. The number of nitrogens with one attached hydrogen (secondary N) is 3. The molecule has 0 aliphatic carbocycles. The summed E-state index contributed by atoms with van der Waals surface area (Å²) in [6, 6.07) is 28.9. The number of ether oxygens (including phenoxy) is 1. The lowest BCUT2D eigenvalue weighted by Crippen LogP contribution is -2.26. The average molecular weight is 516 g/mol. The van der Waals surface area contributed by atoms with Gasteiger partial charge in [-0.2, -0.15) is 0 Å². The first kappa shape index (κ1) is 24.8. The first-order valence-corrected chi connectivity index (χ1v) is 14.0. The minimum Gasteiger partial charge on any atom is -0.492 e. The monoisotopic (exact) mass is 515 g/mol. The Hall–Kier alpha value is -3.85. The summed E-state index contributed by atoms with van der Waals surface area (Å²) in [5.41, 5.74) is 4.94. The van der Waals surface area contributed by atoms with Crippen LogP contribution in [0.1, 0.15) is 11.7 Å². The maximum absolute atomic E-state index is 11.7. The molecule has 1 unspecified atom stereocenters. The number of hydrogen-bond donors (Lipinski definition) is 4. The van der Waals surface area contributed by atoms with Crippen molar-refractivity contribution in [3.63, 3.8) is 0 Å². The first-order chi connectivity index (χ1) is 17.9. The maximum atomic E-state index is 11.7. The second-order valence-electron chi connectivity index (χ2n) is 8.99. The van der Waals surface area contributed by atoms with E-state index in [1.165, 1.54) is 10.8 Å². The van der Waals surface area contributed by atoms with Gasteiger partial charge in [-0.3, -0.25) is 4.72 Å².